The molecule has 0 saturated carbocycles. The number of aliphatic carboxylic acids is 1. The highest BCUT2D eigenvalue weighted by Crippen LogP contribution is 2.35. The number of esters is 1. The summed E-state index contributed by atoms with van der Waals surface area (Å²) in [6.45, 7) is 6.09. The third kappa shape index (κ3) is 15.7. The van der Waals surface area contributed by atoms with E-state index < -0.39 is 70.9 Å². The first-order valence-electron chi connectivity index (χ1n) is 24.7. The Morgan fingerprint density at radius 1 is 0.542 bits per heavy atom. The molecule has 2 aromatic carbocycles. The average molecular weight is 1000 g/mol. The summed E-state index contributed by atoms with van der Waals surface area (Å²) in [6, 6.07) is 7.46. The van der Waals surface area contributed by atoms with E-state index in [1.165, 1.54) is 12.1 Å². The maximum Gasteiger partial charge on any atom is 0.306 e. The van der Waals surface area contributed by atoms with Crippen molar-refractivity contribution in [2.75, 3.05) is 13.2 Å². The van der Waals surface area contributed by atoms with Gasteiger partial charge in [-0.3, -0.25) is 78.0 Å². The van der Waals surface area contributed by atoms with Gasteiger partial charge in [0.1, 0.15) is 40.8 Å². The Bertz CT molecular complexity index is 2440. The van der Waals surface area contributed by atoms with Crippen LogP contribution >= 0.6 is 0 Å². The second kappa shape index (κ2) is 26.4. The van der Waals surface area contributed by atoms with E-state index in [0.717, 1.165) is 48.3 Å². The predicted octanol–water partition coefficient (Wildman–Crippen LogP) is 5.74. The number of hydrogen-bond donors (Lipinski definition) is 3. The van der Waals surface area contributed by atoms with Crippen LogP contribution in [0.4, 0.5) is 0 Å². The quantitative estimate of drug-likeness (QED) is 0.0575. The molecule has 388 valence electrons. The number of carboxylic acids is 1. The van der Waals surface area contributed by atoms with Crippen molar-refractivity contribution in [3.63, 3.8) is 0 Å². The van der Waals surface area contributed by atoms with Crippen molar-refractivity contribution in [2.45, 2.75) is 167 Å². The lowest BCUT2D eigenvalue weighted by atomic mass is 10.0. The fraction of sp³-hybridized carbons (Fsp3) is 0.538. The zero-order valence-corrected chi connectivity index (χ0v) is 41.1. The van der Waals surface area contributed by atoms with Crippen LogP contribution in [0.5, 0.6) is 11.5 Å². The molecule has 4 aliphatic rings. The largest absolute Gasteiger partial charge is 0.493 e. The molecule has 2 saturated heterocycles. The first kappa shape index (κ1) is 55.8. The number of benzene rings is 2. The number of imide groups is 4. The fourth-order valence-corrected chi connectivity index (χ4v) is 8.64. The maximum atomic E-state index is 13.1. The highest BCUT2D eigenvalue weighted by molar-refractivity contribution is 6.25. The van der Waals surface area contributed by atoms with E-state index in [0.29, 0.717) is 58.2 Å². The van der Waals surface area contributed by atoms with E-state index >= 15 is 0 Å². The molecule has 4 aliphatic heterocycles. The van der Waals surface area contributed by atoms with Crippen molar-refractivity contribution in [3.05, 3.63) is 58.7 Å². The molecule has 0 aliphatic carbocycles. The molecule has 0 spiro atoms. The van der Waals surface area contributed by atoms with Crippen LogP contribution in [0.25, 0.3) is 0 Å². The van der Waals surface area contributed by atoms with Gasteiger partial charge in [0.05, 0.1) is 35.5 Å². The topological polar surface area (TPSA) is 283 Å². The number of nitrogens with one attached hydrogen (secondary N) is 2. The molecule has 2 fully saturated rings. The van der Waals surface area contributed by atoms with Gasteiger partial charge in [-0.25, -0.2) is 0 Å². The van der Waals surface area contributed by atoms with E-state index in [4.69, 9.17) is 19.3 Å². The summed E-state index contributed by atoms with van der Waals surface area (Å²) >= 11 is 0. The van der Waals surface area contributed by atoms with Crippen LogP contribution in [-0.4, -0.2) is 117 Å². The normalized spacial score (nSPS) is 17.4. The monoisotopic (exact) mass is 1000 g/mol. The number of carboxylic acid groups (broad SMARTS) is 1. The molecule has 8 amide bonds. The Kier molecular flexibility index (Phi) is 20.4. The summed E-state index contributed by atoms with van der Waals surface area (Å²) < 4.78 is 16.8. The predicted molar refractivity (Wildman–Crippen MR) is 255 cm³/mol. The first-order valence-corrected chi connectivity index (χ1v) is 24.7. The Labute approximate surface area is 417 Å². The molecule has 2 atom stereocenters. The molecule has 0 bridgehead atoms. The van der Waals surface area contributed by atoms with Crippen molar-refractivity contribution in [2.24, 2.45) is 0 Å². The van der Waals surface area contributed by atoms with Crippen LogP contribution in [0.2, 0.25) is 0 Å². The van der Waals surface area contributed by atoms with Gasteiger partial charge in [-0.2, -0.15) is 0 Å². The van der Waals surface area contributed by atoms with Gasteiger partial charge in [0, 0.05) is 51.4 Å². The van der Waals surface area contributed by atoms with E-state index in [1.54, 1.807) is 24.3 Å². The summed E-state index contributed by atoms with van der Waals surface area (Å²) in [5.74, 6) is -4.92. The van der Waals surface area contributed by atoms with E-state index in [2.05, 4.69) is 10.6 Å². The maximum absolute atomic E-state index is 13.1. The van der Waals surface area contributed by atoms with Gasteiger partial charge in [0.25, 0.3) is 23.6 Å². The molecular formula is C52H64N4O16. The number of nitrogens with zero attached hydrogens (tertiary/aromatic N) is 2. The van der Waals surface area contributed by atoms with Gasteiger partial charge < -0.3 is 19.3 Å². The molecule has 2 aromatic rings. The van der Waals surface area contributed by atoms with Crippen LogP contribution in [0.1, 0.15) is 191 Å². The zero-order chi connectivity index (χ0) is 52.5. The Morgan fingerprint density at radius 2 is 0.944 bits per heavy atom. The lowest BCUT2D eigenvalue weighted by molar-refractivity contribution is -0.155. The number of fused-ring (bicyclic) bond motifs is 2. The molecule has 4 heterocycles. The van der Waals surface area contributed by atoms with Gasteiger partial charge in [-0.05, 0) is 96.4 Å². The molecule has 72 heavy (non-hydrogen) atoms. The minimum Gasteiger partial charge on any atom is -0.493 e. The molecule has 20 nitrogen and oxygen atoms in total. The third-order valence-corrected chi connectivity index (χ3v) is 12.2. The lowest BCUT2D eigenvalue weighted by Crippen LogP contribution is -2.54. The van der Waals surface area contributed by atoms with E-state index in [1.807, 2.05) is 20.8 Å². The van der Waals surface area contributed by atoms with Gasteiger partial charge in [0.2, 0.25) is 23.6 Å². The standard InChI is InChI=1S/C28H36N2O8.C24H28N2O8/c1-28(2,3)38-23(33)14-8-11-18(31)10-6-4-5-7-17-37-21-13-9-12-19-24(21)27(36)30(26(19)35)20-15-16-22(32)29-25(20)34;27-15(8-5-11-20(29)30)7-3-1-2-4-14-34-18-10-6-9-16-21(18)24(33)26(23(16)32)17-12-13-19(28)25-22(17)31/h9,12-13,20H,4-8,10-11,14-17H2,1-3H3,(H,29,32,34);6,9-10,17H,1-5,7-8,11-14H2,(H,29,30)(H,25,28,31). The molecule has 3 N–H and O–H groups in total. The molecule has 6 rings (SSSR count). The van der Waals surface area contributed by atoms with Crippen molar-refractivity contribution in [3.8, 4) is 11.5 Å². The van der Waals surface area contributed by atoms with Gasteiger partial charge in [-0.15, -0.1) is 0 Å². The number of carbonyl (C=O) groups is 12. The molecule has 0 radical (unpaired) electrons. The van der Waals surface area contributed by atoms with Gasteiger partial charge in [-0.1, -0.05) is 37.8 Å². The summed E-state index contributed by atoms with van der Waals surface area (Å²) in [7, 11) is 0. The Morgan fingerprint density at radius 3 is 1.35 bits per heavy atom. The lowest BCUT2D eigenvalue weighted by Gasteiger charge is -2.27. The summed E-state index contributed by atoms with van der Waals surface area (Å²) in [5.41, 5.74) is 0.105. The van der Waals surface area contributed by atoms with E-state index in [-0.39, 0.29) is 96.2 Å². The van der Waals surface area contributed by atoms with Crippen molar-refractivity contribution >= 4 is 70.8 Å². The number of rotatable bonds is 26. The van der Waals surface area contributed by atoms with Crippen LogP contribution in [0.3, 0.4) is 0 Å². The summed E-state index contributed by atoms with van der Waals surface area (Å²) in [6.07, 6.45) is 9.13. The smallest absolute Gasteiger partial charge is 0.306 e. The number of ether oxygens (including phenoxy) is 3. The number of amides is 8. The second-order valence-electron chi connectivity index (χ2n) is 19.0. The van der Waals surface area contributed by atoms with Gasteiger partial charge in [0.15, 0.2) is 0 Å². The molecular weight excluding hydrogens is 937 g/mol. The zero-order valence-electron chi connectivity index (χ0n) is 41.1. The number of ketones is 2. The molecule has 0 aromatic heterocycles. The van der Waals surface area contributed by atoms with Crippen molar-refractivity contribution in [1.29, 1.82) is 0 Å². The highest BCUT2D eigenvalue weighted by Gasteiger charge is 2.47. The number of hydrogen-bond acceptors (Lipinski definition) is 15. The second-order valence-corrected chi connectivity index (χ2v) is 19.0. The summed E-state index contributed by atoms with van der Waals surface area (Å²) in [5, 5.41) is 12.9. The number of Topliss-reactive ketones (excluding diaryl/α,β-unsaturated/α-hetero) is 2. The Balaban J connectivity index is 0.000000269. The minimum absolute atomic E-state index is 0.00561. The number of piperidine rings is 2. The minimum atomic E-state index is -1.02. The summed E-state index contributed by atoms with van der Waals surface area (Å²) in [4.78, 5) is 147. The van der Waals surface area contributed by atoms with Crippen LogP contribution in [0.15, 0.2) is 36.4 Å². The SMILES string of the molecule is CC(C)(C)OC(=O)CCCC(=O)CCCCCCOc1cccc2c1C(=O)N(C1CCC(=O)NC1=O)C2=O.O=C(O)CCCC(=O)CCCCCCOc1cccc2c1C(=O)N(C1CCC(=O)NC1=O)C2=O. The van der Waals surface area contributed by atoms with Gasteiger partial charge >= 0.3 is 11.9 Å². The van der Waals surface area contributed by atoms with Crippen molar-refractivity contribution < 1.29 is 76.9 Å². The average Bonchev–Trinajstić information content (AvgIpc) is 3.72. The number of unbranched alkanes of at least 4 members (excludes halogenated alkanes) is 6. The molecule has 2 unspecified atom stereocenters. The highest BCUT2D eigenvalue weighted by atomic mass is 16.6. The molecule has 20 heteroatoms. The van der Waals surface area contributed by atoms with Crippen molar-refractivity contribution in [1.82, 2.24) is 20.4 Å². The number of carbonyl (C=O) groups excluding carboxylic acids is 11. The fourth-order valence-electron chi connectivity index (χ4n) is 8.64. The van der Waals surface area contributed by atoms with E-state index in [9.17, 15) is 57.5 Å². The first-order chi connectivity index (χ1) is 34.3. The third-order valence-electron chi connectivity index (χ3n) is 12.2. The van der Waals surface area contributed by atoms with Crippen LogP contribution < -0.4 is 20.1 Å². The van der Waals surface area contributed by atoms with Crippen LogP contribution in [0, 0.1) is 0 Å². The van der Waals surface area contributed by atoms with Crippen LogP contribution in [-0.2, 0) is 43.1 Å². The Hall–Kier alpha value is -7.12.